The van der Waals surface area contributed by atoms with Crippen molar-refractivity contribution in [1.29, 1.82) is 0 Å². The van der Waals surface area contributed by atoms with Gasteiger partial charge in [-0.05, 0) is 25.1 Å². The highest BCUT2D eigenvalue weighted by Crippen LogP contribution is 2.30. The Morgan fingerprint density at radius 3 is 2.42 bits per heavy atom. The van der Waals surface area contributed by atoms with E-state index >= 15 is 0 Å². The van der Waals surface area contributed by atoms with Gasteiger partial charge in [0, 0.05) is 12.0 Å². The summed E-state index contributed by atoms with van der Waals surface area (Å²) in [6, 6.07) is 4.62. The van der Waals surface area contributed by atoms with Crippen LogP contribution in [0.25, 0.3) is 11.4 Å². The molecule has 2 N–H and O–H groups in total. The monoisotopic (exact) mass is 271 g/mol. The van der Waals surface area contributed by atoms with Gasteiger partial charge in [-0.1, -0.05) is 17.3 Å². The Hall–Kier alpha value is -1.89. The number of halogens is 3. The highest BCUT2D eigenvalue weighted by atomic mass is 19.4. The number of nitrogens with two attached hydrogens (primary N) is 1. The number of alkyl halides is 3. The summed E-state index contributed by atoms with van der Waals surface area (Å²) in [6.45, 7) is 0.512. The lowest BCUT2D eigenvalue weighted by Gasteiger charge is -2.05. The van der Waals surface area contributed by atoms with Gasteiger partial charge >= 0.3 is 6.18 Å². The van der Waals surface area contributed by atoms with Crippen LogP contribution in [0.3, 0.4) is 0 Å². The van der Waals surface area contributed by atoms with Crippen LogP contribution in [0.2, 0.25) is 0 Å². The molecule has 2 aromatic rings. The second-order valence-corrected chi connectivity index (χ2v) is 3.98. The summed E-state index contributed by atoms with van der Waals surface area (Å²) in [6.07, 6.45) is -3.07. The van der Waals surface area contributed by atoms with Crippen LogP contribution in [-0.4, -0.2) is 16.7 Å². The molecule has 0 aliphatic carbocycles. The number of hydrogen-bond acceptors (Lipinski definition) is 4. The minimum atomic E-state index is -4.35. The fourth-order valence-electron chi connectivity index (χ4n) is 1.54. The fraction of sp³-hybridized carbons (Fsp3) is 0.333. The van der Waals surface area contributed by atoms with Crippen LogP contribution in [0.4, 0.5) is 13.2 Å². The molecule has 0 unspecified atom stereocenters. The molecule has 4 nitrogen and oxygen atoms in total. The summed E-state index contributed by atoms with van der Waals surface area (Å²) in [5, 5.41) is 3.72. The molecule has 0 fully saturated rings. The van der Waals surface area contributed by atoms with Gasteiger partial charge in [0.25, 0.3) is 0 Å². The van der Waals surface area contributed by atoms with E-state index < -0.39 is 11.7 Å². The van der Waals surface area contributed by atoms with Crippen LogP contribution in [0.15, 0.2) is 28.8 Å². The van der Waals surface area contributed by atoms with Gasteiger partial charge in [-0.2, -0.15) is 18.2 Å². The van der Waals surface area contributed by atoms with E-state index in [1.54, 1.807) is 0 Å². The molecule has 0 atom stereocenters. The van der Waals surface area contributed by atoms with Crippen LogP contribution in [0.5, 0.6) is 0 Å². The minimum Gasteiger partial charge on any atom is -0.339 e. The third-order valence-electron chi connectivity index (χ3n) is 2.53. The molecular weight excluding hydrogens is 259 g/mol. The maximum atomic E-state index is 12.4. The first-order valence-corrected chi connectivity index (χ1v) is 5.71. The first kappa shape index (κ1) is 13.5. The second kappa shape index (κ2) is 5.40. The first-order chi connectivity index (χ1) is 9.00. The van der Waals surface area contributed by atoms with Crippen molar-refractivity contribution in [1.82, 2.24) is 10.1 Å². The fourth-order valence-corrected chi connectivity index (χ4v) is 1.54. The van der Waals surface area contributed by atoms with E-state index in [0.717, 1.165) is 12.1 Å². The van der Waals surface area contributed by atoms with Crippen molar-refractivity contribution in [2.75, 3.05) is 6.54 Å². The number of aryl methyl sites for hydroxylation is 1. The average molecular weight is 271 g/mol. The van der Waals surface area contributed by atoms with E-state index in [1.165, 1.54) is 12.1 Å². The Morgan fingerprint density at radius 1 is 1.16 bits per heavy atom. The van der Waals surface area contributed by atoms with Crippen LogP contribution >= 0.6 is 0 Å². The van der Waals surface area contributed by atoms with E-state index in [2.05, 4.69) is 10.1 Å². The van der Waals surface area contributed by atoms with Gasteiger partial charge in [-0.3, -0.25) is 0 Å². The van der Waals surface area contributed by atoms with E-state index in [0.29, 0.717) is 30.8 Å². The quantitative estimate of drug-likeness (QED) is 0.928. The van der Waals surface area contributed by atoms with Crippen LogP contribution in [0, 0.1) is 0 Å². The third-order valence-corrected chi connectivity index (χ3v) is 2.53. The second-order valence-electron chi connectivity index (χ2n) is 3.98. The highest BCUT2D eigenvalue weighted by molar-refractivity contribution is 5.54. The predicted molar refractivity (Wildman–Crippen MR) is 62.1 cm³/mol. The lowest BCUT2D eigenvalue weighted by molar-refractivity contribution is -0.137. The summed E-state index contributed by atoms with van der Waals surface area (Å²) in [5.41, 5.74) is 5.13. The topological polar surface area (TPSA) is 64.9 Å². The Balaban J connectivity index is 2.16. The first-order valence-electron chi connectivity index (χ1n) is 5.71. The molecule has 1 aromatic heterocycles. The van der Waals surface area contributed by atoms with Crippen molar-refractivity contribution < 1.29 is 17.7 Å². The minimum absolute atomic E-state index is 0.278. The number of benzene rings is 1. The van der Waals surface area contributed by atoms with E-state index in [1.807, 2.05) is 0 Å². The molecule has 0 spiro atoms. The zero-order valence-corrected chi connectivity index (χ0v) is 9.94. The molecule has 1 heterocycles. The van der Waals surface area contributed by atoms with Gasteiger partial charge in [0.1, 0.15) is 0 Å². The van der Waals surface area contributed by atoms with Crippen LogP contribution in [-0.2, 0) is 12.6 Å². The zero-order valence-electron chi connectivity index (χ0n) is 9.94. The number of nitrogens with zero attached hydrogens (tertiary/aromatic N) is 2. The van der Waals surface area contributed by atoms with Crippen molar-refractivity contribution in [3.8, 4) is 11.4 Å². The van der Waals surface area contributed by atoms with Crippen molar-refractivity contribution in [2.45, 2.75) is 19.0 Å². The molecule has 0 radical (unpaired) electrons. The Bertz CT molecular complexity index is 534. The lowest BCUT2D eigenvalue weighted by Crippen LogP contribution is -2.04. The van der Waals surface area contributed by atoms with Crippen molar-refractivity contribution in [2.24, 2.45) is 5.73 Å². The van der Waals surface area contributed by atoms with E-state index in [-0.39, 0.29) is 5.82 Å². The van der Waals surface area contributed by atoms with Crippen molar-refractivity contribution >= 4 is 0 Å². The number of hydrogen-bond donors (Lipinski definition) is 1. The Kier molecular flexibility index (Phi) is 3.84. The molecule has 0 aliphatic rings. The SMILES string of the molecule is NCCCc1nc(-c2ccc(C(F)(F)F)cc2)no1. The molecule has 0 aliphatic heterocycles. The summed E-state index contributed by atoms with van der Waals surface area (Å²) in [5.74, 6) is 0.709. The maximum Gasteiger partial charge on any atom is 0.416 e. The summed E-state index contributed by atoms with van der Waals surface area (Å²) >= 11 is 0. The molecule has 0 saturated heterocycles. The van der Waals surface area contributed by atoms with Crippen LogP contribution in [0.1, 0.15) is 17.9 Å². The summed E-state index contributed by atoms with van der Waals surface area (Å²) in [7, 11) is 0. The highest BCUT2D eigenvalue weighted by Gasteiger charge is 2.30. The maximum absolute atomic E-state index is 12.4. The average Bonchev–Trinajstić information content (AvgIpc) is 2.84. The van der Waals surface area contributed by atoms with Crippen molar-refractivity contribution in [3.05, 3.63) is 35.7 Å². The molecule has 1 aromatic carbocycles. The van der Waals surface area contributed by atoms with E-state index in [4.69, 9.17) is 10.3 Å². The van der Waals surface area contributed by atoms with Gasteiger partial charge in [-0.25, -0.2) is 0 Å². The molecule has 0 saturated carbocycles. The number of aromatic nitrogens is 2. The van der Waals surface area contributed by atoms with Gasteiger partial charge in [0.05, 0.1) is 5.56 Å². The Morgan fingerprint density at radius 2 is 1.84 bits per heavy atom. The summed E-state index contributed by atoms with van der Waals surface area (Å²) in [4.78, 5) is 4.10. The molecule has 2 rings (SSSR count). The van der Waals surface area contributed by atoms with Gasteiger partial charge in [0.15, 0.2) is 0 Å². The molecular formula is C12H12F3N3O. The van der Waals surface area contributed by atoms with Gasteiger partial charge in [0.2, 0.25) is 11.7 Å². The summed E-state index contributed by atoms with van der Waals surface area (Å²) < 4.78 is 42.2. The standard InChI is InChI=1S/C12H12F3N3O/c13-12(14,15)9-5-3-8(4-6-9)11-17-10(19-18-11)2-1-7-16/h3-6H,1-2,7,16H2. The molecule has 19 heavy (non-hydrogen) atoms. The van der Waals surface area contributed by atoms with E-state index in [9.17, 15) is 13.2 Å². The smallest absolute Gasteiger partial charge is 0.339 e. The van der Waals surface area contributed by atoms with Gasteiger partial charge in [-0.15, -0.1) is 0 Å². The zero-order chi connectivity index (χ0) is 13.9. The predicted octanol–water partition coefficient (Wildman–Crippen LogP) is 2.65. The normalized spacial score (nSPS) is 11.8. The Labute approximate surface area is 107 Å². The largest absolute Gasteiger partial charge is 0.416 e. The van der Waals surface area contributed by atoms with Crippen LogP contribution < -0.4 is 5.73 Å². The van der Waals surface area contributed by atoms with Crippen molar-refractivity contribution in [3.63, 3.8) is 0 Å². The lowest BCUT2D eigenvalue weighted by atomic mass is 10.1. The molecule has 0 bridgehead atoms. The van der Waals surface area contributed by atoms with Gasteiger partial charge < -0.3 is 10.3 Å². The molecule has 7 heteroatoms. The molecule has 0 amide bonds. The number of rotatable bonds is 4. The third kappa shape index (κ3) is 3.31. The molecule has 102 valence electrons.